The molecule has 1 aliphatic heterocycles. The molecule has 0 amide bonds. The van der Waals surface area contributed by atoms with Gasteiger partial charge in [0.1, 0.15) is 11.5 Å². The third-order valence-electron chi connectivity index (χ3n) is 3.61. The fraction of sp³-hybridized carbons (Fsp3) is 0.615. The number of hydrogen-bond donors (Lipinski definition) is 2. The third kappa shape index (κ3) is 3.21. The largest absolute Gasteiger partial charge is 0.433 e. The quantitative estimate of drug-likeness (QED) is 0.873. The van der Waals surface area contributed by atoms with Crippen LogP contribution in [0.1, 0.15) is 31.0 Å². The molecule has 0 aliphatic carbocycles. The first-order valence-corrected chi connectivity index (χ1v) is 6.47. The first-order chi connectivity index (χ1) is 9.23. The van der Waals surface area contributed by atoms with E-state index in [0.29, 0.717) is 31.5 Å². The van der Waals surface area contributed by atoms with Gasteiger partial charge in [0.25, 0.3) is 0 Å². The summed E-state index contributed by atoms with van der Waals surface area (Å²) in [6.45, 7) is 2.80. The molecule has 2 rings (SSSR count). The molecular formula is C13H18F3N3O. The van der Waals surface area contributed by atoms with Crippen molar-refractivity contribution in [1.82, 2.24) is 4.98 Å². The van der Waals surface area contributed by atoms with Crippen LogP contribution in [0.4, 0.5) is 19.0 Å². The molecule has 1 aliphatic rings. The molecule has 4 nitrogen and oxygen atoms in total. The van der Waals surface area contributed by atoms with E-state index >= 15 is 0 Å². The maximum atomic E-state index is 12.7. The standard InChI is InChI=1S/C13H18F3N3O/c1-12(20)4-6-19(7-5-12)11-9(8-17)2-3-10(18-11)13(14,15)16/h2-3,20H,4-8,17H2,1H3. The summed E-state index contributed by atoms with van der Waals surface area (Å²) in [4.78, 5) is 5.48. The number of pyridine rings is 1. The summed E-state index contributed by atoms with van der Waals surface area (Å²) in [5.74, 6) is 0.276. The lowest BCUT2D eigenvalue weighted by molar-refractivity contribution is -0.141. The lowest BCUT2D eigenvalue weighted by atomic mass is 9.93. The van der Waals surface area contributed by atoms with Crippen molar-refractivity contribution in [3.05, 3.63) is 23.4 Å². The fourth-order valence-corrected chi connectivity index (χ4v) is 2.27. The maximum absolute atomic E-state index is 12.7. The van der Waals surface area contributed by atoms with Crippen LogP contribution in [0.3, 0.4) is 0 Å². The number of alkyl halides is 3. The molecule has 0 aromatic carbocycles. The highest BCUT2D eigenvalue weighted by molar-refractivity contribution is 5.48. The zero-order valence-electron chi connectivity index (χ0n) is 11.2. The number of hydrogen-bond acceptors (Lipinski definition) is 4. The molecule has 0 spiro atoms. The van der Waals surface area contributed by atoms with Gasteiger partial charge in [-0.25, -0.2) is 4.98 Å². The van der Waals surface area contributed by atoms with Gasteiger partial charge in [-0.3, -0.25) is 0 Å². The van der Waals surface area contributed by atoms with Crippen molar-refractivity contribution in [3.8, 4) is 0 Å². The van der Waals surface area contributed by atoms with Crippen molar-refractivity contribution >= 4 is 5.82 Å². The summed E-state index contributed by atoms with van der Waals surface area (Å²) < 4.78 is 38.2. The second-order valence-corrected chi connectivity index (χ2v) is 5.37. The van der Waals surface area contributed by atoms with E-state index in [-0.39, 0.29) is 12.4 Å². The summed E-state index contributed by atoms with van der Waals surface area (Å²) in [7, 11) is 0. The Bertz CT molecular complexity index is 478. The van der Waals surface area contributed by atoms with Crippen LogP contribution in [0.2, 0.25) is 0 Å². The number of nitrogens with two attached hydrogens (primary N) is 1. The van der Waals surface area contributed by atoms with Crippen molar-refractivity contribution < 1.29 is 18.3 Å². The number of anilines is 1. The van der Waals surface area contributed by atoms with Crippen LogP contribution in [0.15, 0.2) is 12.1 Å². The Balaban J connectivity index is 2.30. The van der Waals surface area contributed by atoms with Gasteiger partial charge in [-0.15, -0.1) is 0 Å². The summed E-state index contributed by atoms with van der Waals surface area (Å²) >= 11 is 0. The molecule has 0 atom stereocenters. The van der Waals surface area contributed by atoms with E-state index in [2.05, 4.69) is 4.98 Å². The summed E-state index contributed by atoms with van der Waals surface area (Å²) in [5.41, 5.74) is 4.48. The van der Waals surface area contributed by atoms with Crippen LogP contribution >= 0.6 is 0 Å². The Morgan fingerprint density at radius 1 is 1.35 bits per heavy atom. The molecule has 0 radical (unpaired) electrons. The van der Waals surface area contributed by atoms with E-state index < -0.39 is 17.5 Å². The van der Waals surface area contributed by atoms with E-state index in [1.165, 1.54) is 6.07 Å². The predicted octanol–water partition coefficient (Wildman–Crippen LogP) is 1.91. The monoisotopic (exact) mass is 289 g/mol. The first-order valence-electron chi connectivity index (χ1n) is 6.47. The molecule has 0 unspecified atom stereocenters. The molecule has 112 valence electrons. The van der Waals surface area contributed by atoms with Gasteiger partial charge >= 0.3 is 6.18 Å². The maximum Gasteiger partial charge on any atom is 0.433 e. The normalized spacial score (nSPS) is 19.2. The van der Waals surface area contributed by atoms with Crippen molar-refractivity contribution in [2.24, 2.45) is 5.73 Å². The van der Waals surface area contributed by atoms with Crippen molar-refractivity contribution in [2.45, 2.75) is 38.1 Å². The summed E-state index contributed by atoms with van der Waals surface area (Å²) in [5, 5.41) is 9.90. The molecule has 0 bridgehead atoms. The van der Waals surface area contributed by atoms with Crippen molar-refractivity contribution in [3.63, 3.8) is 0 Å². The van der Waals surface area contributed by atoms with Crippen LogP contribution in [0.25, 0.3) is 0 Å². The van der Waals surface area contributed by atoms with Crippen LogP contribution in [-0.2, 0) is 12.7 Å². The number of nitrogens with zero attached hydrogens (tertiary/aromatic N) is 2. The van der Waals surface area contributed by atoms with Crippen LogP contribution in [-0.4, -0.2) is 28.8 Å². The molecule has 1 aromatic rings. The molecule has 1 saturated heterocycles. The van der Waals surface area contributed by atoms with E-state index in [1.807, 2.05) is 0 Å². The smallest absolute Gasteiger partial charge is 0.390 e. The van der Waals surface area contributed by atoms with Crippen molar-refractivity contribution in [1.29, 1.82) is 0 Å². The van der Waals surface area contributed by atoms with E-state index in [9.17, 15) is 18.3 Å². The molecule has 7 heteroatoms. The second kappa shape index (κ2) is 5.21. The SMILES string of the molecule is CC1(O)CCN(c2nc(C(F)(F)F)ccc2CN)CC1. The van der Waals surface area contributed by atoms with Gasteiger partial charge in [0, 0.05) is 25.2 Å². The van der Waals surface area contributed by atoms with Gasteiger partial charge in [0.2, 0.25) is 0 Å². The lowest BCUT2D eigenvalue weighted by Gasteiger charge is -2.37. The minimum atomic E-state index is -4.47. The number of aromatic nitrogens is 1. The predicted molar refractivity (Wildman–Crippen MR) is 69.2 cm³/mol. The molecule has 0 saturated carbocycles. The van der Waals surface area contributed by atoms with E-state index in [1.54, 1.807) is 11.8 Å². The summed E-state index contributed by atoms with van der Waals surface area (Å²) in [6.07, 6.45) is -3.48. The zero-order chi connectivity index (χ0) is 15.0. The Kier molecular flexibility index (Phi) is 3.93. The Hall–Kier alpha value is -1.34. The fourth-order valence-electron chi connectivity index (χ4n) is 2.27. The van der Waals surface area contributed by atoms with Gasteiger partial charge in [0.15, 0.2) is 0 Å². The number of halogens is 3. The van der Waals surface area contributed by atoms with Crippen molar-refractivity contribution in [2.75, 3.05) is 18.0 Å². The van der Waals surface area contributed by atoms with Crippen LogP contribution < -0.4 is 10.6 Å². The second-order valence-electron chi connectivity index (χ2n) is 5.37. The number of piperidine rings is 1. The van der Waals surface area contributed by atoms with Gasteiger partial charge < -0.3 is 15.7 Å². The molecular weight excluding hydrogens is 271 g/mol. The number of rotatable bonds is 2. The van der Waals surface area contributed by atoms with Gasteiger partial charge in [-0.2, -0.15) is 13.2 Å². The van der Waals surface area contributed by atoms with Crippen LogP contribution in [0.5, 0.6) is 0 Å². The molecule has 3 N–H and O–H groups in total. The minimum absolute atomic E-state index is 0.132. The minimum Gasteiger partial charge on any atom is -0.390 e. The van der Waals surface area contributed by atoms with Gasteiger partial charge in [0.05, 0.1) is 5.60 Å². The third-order valence-corrected chi connectivity index (χ3v) is 3.61. The van der Waals surface area contributed by atoms with Gasteiger partial charge in [-0.1, -0.05) is 6.07 Å². The molecule has 2 heterocycles. The van der Waals surface area contributed by atoms with Crippen LogP contribution in [0, 0.1) is 0 Å². The Morgan fingerprint density at radius 2 is 1.95 bits per heavy atom. The highest BCUT2D eigenvalue weighted by Gasteiger charge is 2.34. The Morgan fingerprint density at radius 3 is 2.45 bits per heavy atom. The number of aliphatic hydroxyl groups is 1. The van der Waals surface area contributed by atoms with E-state index in [4.69, 9.17) is 5.73 Å². The topological polar surface area (TPSA) is 62.4 Å². The molecule has 1 fully saturated rings. The summed E-state index contributed by atoms with van der Waals surface area (Å²) in [6, 6.07) is 2.32. The molecule has 20 heavy (non-hydrogen) atoms. The highest BCUT2D eigenvalue weighted by Crippen LogP contribution is 2.32. The first kappa shape index (κ1) is 15.1. The Labute approximate surface area is 115 Å². The highest BCUT2D eigenvalue weighted by atomic mass is 19.4. The molecule has 1 aromatic heterocycles. The average Bonchev–Trinajstić information content (AvgIpc) is 2.37. The average molecular weight is 289 g/mol. The van der Waals surface area contributed by atoms with E-state index in [0.717, 1.165) is 6.07 Å². The lowest BCUT2D eigenvalue weighted by Crippen LogP contribution is -2.43. The zero-order valence-corrected chi connectivity index (χ0v) is 11.2. The van der Waals surface area contributed by atoms with Gasteiger partial charge in [-0.05, 0) is 25.8 Å².